The molecule has 0 fully saturated rings. The average molecular weight is 443 g/mol. The van der Waals surface area contributed by atoms with Crippen molar-refractivity contribution < 1.29 is 9.13 Å². The van der Waals surface area contributed by atoms with Gasteiger partial charge in [-0.05, 0) is 44.2 Å². The molecule has 31 heavy (non-hydrogen) atoms. The average Bonchev–Trinajstić information content (AvgIpc) is 3.03. The minimum Gasteiger partial charge on any atom is -0.394 e. The van der Waals surface area contributed by atoms with Crippen LogP contribution in [0.2, 0.25) is 25.7 Å². The van der Waals surface area contributed by atoms with Crippen LogP contribution in [0.1, 0.15) is 25.2 Å². The lowest BCUT2D eigenvalue weighted by atomic mass is 10.2. The van der Waals surface area contributed by atoms with Gasteiger partial charge in [0, 0.05) is 32.0 Å². The zero-order valence-corrected chi connectivity index (χ0v) is 19.9. The zero-order valence-electron chi connectivity index (χ0n) is 18.9. The molecule has 0 unspecified atom stereocenters. The van der Waals surface area contributed by atoms with Crippen LogP contribution < -0.4 is 11.3 Å². The monoisotopic (exact) mass is 442 g/mol. The lowest BCUT2D eigenvalue weighted by molar-refractivity contribution is 0.0882. The van der Waals surface area contributed by atoms with E-state index in [4.69, 9.17) is 10.5 Å². The molecule has 0 atom stereocenters. The molecular weight excluding hydrogens is 411 g/mol. The molecule has 3 rings (SSSR count). The van der Waals surface area contributed by atoms with Gasteiger partial charge in [0.2, 0.25) is 0 Å². The molecule has 0 amide bonds. The SMILES string of the molecule is CC(C)=Cc1ncc(F)c2cc(Cn3cccc(N)c3=O)n(COCC[Si](C)(C)C)c12. The second-order valence-electron chi connectivity index (χ2n) is 9.28. The molecule has 0 aromatic carbocycles. The number of nitrogens with zero attached hydrogens (tertiary/aromatic N) is 3. The number of rotatable bonds is 8. The number of ether oxygens (including phenoxy) is 1. The van der Waals surface area contributed by atoms with Gasteiger partial charge in [-0.3, -0.25) is 9.78 Å². The highest BCUT2D eigenvalue weighted by Crippen LogP contribution is 2.27. The third-order valence-corrected chi connectivity index (χ3v) is 6.73. The van der Waals surface area contributed by atoms with E-state index in [2.05, 4.69) is 24.6 Å². The van der Waals surface area contributed by atoms with Gasteiger partial charge < -0.3 is 19.6 Å². The van der Waals surface area contributed by atoms with E-state index >= 15 is 0 Å². The van der Waals surface area contributed by atoms with Crippen molar-refractivity contribution in [3.8, 4) is 0 Å². The first-order valence-corrected chi connectivity index (χ1v) is 14.1. The summed E-state index contributed by atoms with van der Waals surface area (Å²) in [4.78, 5) is 16.8. The molecule has 3 heterocycles. The summed E-state index contributed by atoms with van der Waals surface area (Å²) in [6.45, 7) is 12.0. The van der Waals surface area contributed by atoms with Crippen LogP contribution in [0.4, 0.5) is 10.1 Å². The van der Waals surface area contributed by atoms with Crippen LogP contribution in [0, 0.1) is 5.82 Å². The first kappa shape index (κ1) is 23.0. The Kier molecular flexibility index (Phi) is 6.81. The molecule has 166 valence electrons. The third kappa shape index (κ3) is 5.51. The fourth-order valence-corrected chi connectivity index (χ4v) is 4.12. The van der Waals surface area contributed by atoms with Crippen LogP contribution >= 0.6 is 0 Å². The molecule has 3 aromatic heterocycles. The van der Waals surface area contributed by atoms with E-state index in [0.29, 0.717) is 23.2 Å². The summed E-state index contributed by atoms with van der Waals surface area (Å²) in [6, 6.07) is 6.10. The molecule has 0 saturated heterocycles. The number of hydrogen-bond donors (Lipinski definition) is 1. The third-order valence-electron chi connectivity index (χ3n) is 5.02. The van der Waals surface area contributed by atoms with Crippen molar-refractivity contribution in [3.63, 3.8) is 0 Å². The Bertz CT molecular complexity index is 1170. The molecule has 0 bridgehead atoms. The Morgan fingerprint density at radius 2 is 2.06 bits per heavy atom. The zero-order chi connectivity index (χ0) is 22.8. The van der Waals surface area contributed by atoms with Crippen LogP contribution in [-0.2, 0) is 18.0 Å². The highest BCUT2D eigenvalue weighted by molar-refractivity contribution is 6.76. The van der Waals surface area contributed by atoms with Crippen LogP contribution in [-0.4, -0.2) is 28.8 Å². The van der Waals surface area contributed by atoms with E-state index in [1.54, 1.807) is 24.4 Å². The summed E-state index contributed by atoms with van der Waals surface area (Å²) in [5, 5.41) is 0.461. The van der Waals surface area contributed by atoms with Crippen molar-refractivity contribution in [1.29, 1.82) is 0 Å². The Morgan fingerprint density at radius 3 is 2.74 bits per heavy atom. The minimum atomic E-state index is -1.24. The number of allylic oxidation sites excluding steroid dienone is 1. The molecule has 0 aliphatic rings. The largest absolute Gasteiger partial charge is 0.394 e. The topological polar surface area (TPSA) is 75.1 Å². The van der Waals surface area contributed by atoms with Crippen molar-refractivity contribution in [2.45, 2.75) is 52.8 Å². The number of anilines is 1. The van der Waals surface area contributed by atoms with E-state index < -0.39 is 13.9 Å². The number of aromatic nitrogens is 3. The van der Waals surface area contributed by atoms with Crippen molar-refractivity contribution >= 4 is 30.7 Å². The molecular formula is C23H31FN4O2Si. The molecule has 0 aliphatic carbocycles. The van der Waals surface area contributed by atoms with Gasteiger partial charge in [-0.1, -0.05) is 25.2 Å². The maximum absolute atomic E-state index is 14.7. The Morgan fingerprint density at radius 1 is 1.32 bits per heavy atom. The second-order valence-corrected chi connectivity index (χ2v) is 14.9. The molecule has 0 spiro atoms. The lowest BCUT2D eigenvalue weighted by Gasteiger charge is -2.17. The van der Waals surface area contributed by atoms with Crippen molar-refractivity contribution in [1.82, 2.24) is 14.1 Å². The summed E-state index contributed by atoms with van der Waals surface area (Å²) in [7, 11) is -1.24. The number of fused-ring (bicyclic) bond motifs is 1. The smallest absolute Gasteiger partial charge is 0.274 e. The van der Waals surface area contributed by atoms with E-state index in [-0.39, 0.29) is 24.5 Å². The Hall–Kier alpha value is -2.71. The van der Waals surface area contributed by atoms with Gasteiger partial charge in [0.1, 0.15) is 6.73 Å². The molecule has 0 aliphatic heterocycles. The van der Waals surface area contributed by atoms with Crippen molar-refractivity contribution in [2.24, 2.45) is 0 Å². The van der Waals surface area contributed by atoms with E-state index in [0.717, 1.165) is 17.3 Å². The quantitative estimate of drug-likeness (QED) is 0.405. The fraction of sp³-hybridized carbons (Fsp3) is 0.391. The molecule has 6 nitrogen and oxygen atoms in total. The summed E-state index contributed by atoms with van der Waals surface area (Å²) in [6.07, 6.45) is 4.85. The minimum absolute atomic E-state index is 0.176. The summed E-state index contributed by atoms with van der Waals surface area (Å²) in [5.41, 5.74) is 8.85. The van der Waals surface area contributed by atoms with Crippen LogP contribution in [0.5, 0.6) is 0 Å². The molecule has 3 aromatic rings. The van der Waals surface area contributed by atoms with Gasteiger partial charge in [0.05, 0.1) is 29.6 Å². The van der Waals surface area contributed by atoms with Crippen molar-refractivity contribution in [3.05, 3.63) is 63.7 Å². The lowest BCUT2D eigenvalue weighted by Crippen LogP contribution is -2.24. The second kappa shape index (κ2) is 9.19. The number of pyridine rings is 2. The number of nitrogens with two attached hydrogens (primary N) is 1. The predicted molar refractivity (Wildman–Crippen MR) is 127 cm³/mol. The fourth-order valence-electron chi connectivity index (χ4n) is 3.36. The maximum atomic E-state index is 14.7. The van der Waals surface area contributed by atoms with Crippen LogP contribution in [0.3, 0.4) is 0 Å². The summed E-state index contributed by atoms with van der Waals surface area (Å²) >= 11 is 0. The van der Waals surface area contributed by atoms with Gasteiger partial charge >= 0.3 is 0 Å². The Labute approximate surface area is 183 Å². The van der Waals surface area contributed by atoms with Gasteiger partial charge in [0.25, 0.3) is 5.56 Å². The Balaban J connectivity index is 2.09. The van der Waals surface area contributed by atoms with E-state index in [9.17, 15) is 9.18 Å². The van der Waals surface area contributed by atoms with Gasteiger partial charge in [0.15, 0.2) is 5.82 Å². The molecule has 0 saturated carbocycles. The van der Waals surface area contributed by atoms with E-state index in [1.807, 2.05) is 24.5 Å². The normalized spacial score (nSPS) is 11.8. The number of nitrogen functional groups attached to an aromatic ring is 1. The van der Waals surface area contributed by atoms with Crippen LogP contribution in [0.15, 0.2) is 41.0 Å². The highest BCUT2D eigenvalue weighted by atomic mass is 28.3. The van der Waals surface area contributed by atoms with Crippen molar-refractivity contribution in [2.75, 3.05) is 12.3 Å². The molecule has 2 N–H and O–H groups in total. The molecule has 0 radical (unpaired) electrons. The number of halogens is 1. The van der Waals surface area contributed by atoms with Gasteiger partial charge in [-0.2, -0.15) is 0 Å². The summed E-state index contributed by atoms with van der Waals surface area (Å²) < 4.78 is 24.2. The first-order chi connectivity index (χ1) is 14.6. The number of hydrogen-bond acceptors (Lipinski definition) is 4. The first-order valence-electron chi connectivity index (χ1n) is 10.4. The highest BCUT2D eigenvalue weighted by Gasteiger charge is 2.18. The molecule has 8 heteroatoms. The standard InChI is InChI=1S/C23H31FN4O2Si/c1-16(2)11-21-22-18(19(24)13-26-21)12-17(14-27-8-6-7-20(25)23(27)29)28(22)15-30-9-10-31(3,4)5/h6-8,11-13H,9-10,14-15,25H2,1-5H3. The maximum Gasteiger partial charge on any atom is 0.274 e. The van der Waals surface area contributed by atoms with E-state index in [1.165, 1.54) is 10.8 Å². The summed E-state index contributed by atoms with van der Waals surface area (Å²) in [5.74, 6) is -0.400. The van der Waals surface area contributed by atoms with Gasteiger partial charge in [-0.15, -0.1) is 0 Å². The van der Waals surface area contributed by atoms with Gasteiger partial charge in [-0.25, -0.2) is 4.39 Å². The predicted octanol–water partition coefficient (Wildman–Crippen LogP) is 4.70. The van der Waals surface area contributed by atoms with Crippen LogP contribution in [0.25, 0.3) is 17.0 Å².